The predicted octanol–water partition coefficient (Wildman–Crippen LogP) is 27.8. The van der Waals surface area contributed by atoms with Crippen LogP contribution in [0.4, 0.5) is 0 Å². The van der Waals surface area contributed by atoms with Crippen molar-refractivity contribution in [3.63, 3.8) is 0 Å². The van der Waals surface area contributed by atoms with Crippen molar-refractivity contribution in [2.75, 3.05) is 34.4 Å². The average Bonchev–Trinajstić information content (AvgIpc) is 0.911. The molecule has 9 aromatic rings. The van der Waals surface area contributed by atoms with Gasteiger partial charge in [0.2, 0.25) is 40.1 Å². The third kappa shape index (κ3) is 39.3. The van der Waals surface area contributed by atoms with Crippen LogP contribution in [0.5, 0.6) is 11.5 Å². The van der Waals surface area contributed by atoms with Gasteiger partial charge in [-0.1, -0.05) is 310 Å². The number of rotatable bonds is 24. The van der Waals surface area contributed by atoms with Crippen LogP contribution in [0.3, 0.4) is 0 Å². The van der Waals surface area contributed by atoms with Crippen LogP contribution in [0.2, 0.25) is 0 Å². The fourth-order valence-corrected chi connectivity index (χ4v) is 18.5. The quantitative estimate of drug-likeness (QED) is 0.0524. The zero-order valence-corrected chi connectivity index (χ0v) is 87.6. The van der Waals surface area contributed by atoms with Crippen molar-refractivity contribution in [3.8, 4) is 11.5 Å². The maximum Gasteiger partial charge on any atom is 0.242 e. The largest absolute Gasteiger partial charge is 0.493 e. The number of ether oxygens (including phenoxy) is 2. The van der Waals surface area contributed by atoms with Crippen molar-refractivity contribution in [1.29, 1.82) is 0 Å². The number of benzene rings is 9. The highest BCUT2D eigenvalue weighted by molar-refractivity contribution is 7.90. The number of sulfonamides is 4. The Labute approximate surface area is 768 Å². The van der Waals surface area contributed by atoms with Gasteiger partial charge in [0.15, 0.2) is 11.5 Å². The molecule has 700 valence electrons. The first kappa shape index (κ1) is 114. The molecule has 0 unspecified atom stereocenters. The molecule has 0 aliphatic heterocycles. The lowest BCUT2D eigenvalue weighted by Gasteiger charge is -2.22. The second kappa shape index (κ2) is 53.4. The van der Waals surface area contributed by atoms with E-state index in [1.54, 1.807) is 52.4 Å². The van der Waals surface area contributed by atoms with E-state index >= 15 is 0 Å². The fraction of sp³-hybridized carbons (Fsp3) is 0.500. The number of hydrogen-bond donors (Lipinski definition) is 3. The maximum absolute atomic E-state index is 12.1. The van der Waals surface area contributed by atoms with Crippen LogP contribution in [-0.4, -0.2) is 84.4 Å². The maximum atomic E-state index is 12.1. The number of methoxy groups -OCH3 is 1. The molecule has 1 aliphatic carbocycles. The Balaban J connectivity index is 0.000000483. The molecule has 10 rings (SSSR count). The Kier molecular flexibility index (Phi) is 48.4. The Morgan fingerprint density at radius 3 is 0.968 bits per heavy atom. The molecule has 9 aromatic carbocycles. The topological polar surface area (TPSA) is 194 Å². The van der Waals surface area contributed by atoms with Gasteiger partial charge < -0.3 is 9.47 Å². The average molecular weight is 1810 g/mol. The smallest absolute Gasteiger partial charge is 0.242 e. The SMILES string of the molecule is CCCOc1ccc(C(C)C)cc1OC.CCNS(=O)(=O)c1ccc(C(C)C)cc1C.Cc1cc(C(C)C)ccc1C(C)(C)C.Cc1cc(C(C)C)ccc1S(=O)(=O)N(C)C.Cc1cc(C(C)C)ccc1S(=O)(=O)NC(C)C.Cc1cc(C(C)C)ccc1S(=O)(=O)NC1CC1.Cc1ccc(C(C)C)cc1C.Cc1cccc(C(C)C)c1.Cc1cccc(C(C)C)c1. The van der Waals surface area contributed by atoms with Gasteiger partial charge in [-0.25, -0.2) is 52.1 Å². The lowest BCUT2D eigenvalue weighted by molar-refractivity contribution is 0.294. The zero-order chi connectivity index (χ0) is 96.4. The molecule has 0 spiro atoms. The van der Waals surface area contributed by atoms with E-state index in [1.165, 1.54) is 71.1 Å². The van der Waals surface area contributed by atoms with Crippen LogP contribution in [0.25, 0.3) is 0 Å². The first-order chi connectivity index (χ1) is 58.3. The van der Waals surface area contributed by atoms with Crippen LogP contribution < -0.4 is 23.6 Å². The molecule has 0 heterocycles. The summed E-state index contributed by atoms with van der Waals surface area (Å²) in [6, 6.07) is 59.2. The zero-order valence-electron chi connectivity index (χ0n) is 84.3. The van der Waals surface area contributed by atoms with Crippen LogP contribution in [0.1, 0.15) is 351 Å². The number of hydrogen-bond acceptors (Lipinski definition) is 10. The van der Waals surface area contributed by atoms with Crippen molar-refractivity contribution < 1.29 is 43.1 Å². The van der Waals surface area contributed by atoms with Gasteiger partial charge in [0.05, 0.1) is 33.3 Å². The first-order valence-corrected chi connectivity index (χ1v) is 51.2. The van der Waals surface area contributed by atoms with E-state index < -0.39 is 40.1 Å². The predicted molar refractivity (Wildman–Crippen MR) is 539 cm³/mol. The van der Waals surface area contributed by atoms with Gasteiger partial charge in [-0.3, -0.25) is 0 Å². The van der Waals surface area contributed by atoms with E-state index in [4.69, 9.17) is 9.47 Å². The van der Waals surface area contributed by atoms with Crippen molar-refractivity contribution >= 4 is 40.1 Å². The minimum atomic E-state index is -3.38. The molecular formula is C108H164N4O10S4. The Morgan fingerprint density at radius 1 is 0.357 bits per heavy atom. The van der Waals surface area contributed by atoms with Crippen LogP contribution >= 0.6 is 0 Å². The van der Waals surface area contributed by atoms with Crippen LogP contribution in [0.15, 0.2) is 196 Å². The summed E-state index contributed by atoms with van der Waals surface area (Å²) in [6.45, 7) is 72.5. The molecule has 1 saturated carbocycles. The number of nitrogens with one attached hydrogen (secondary N) is 3. The summed E-state index contributed by atoms with van der Waals surface area (Å²) in [5, 5.41) is 0. The van der Waals surface area contributed by atoms with Gasteiger partial charge in [0.1, 0.15) is 0 Å². The normalized spacial score (nSPS) is 12.2. The summed E-state index contributed by atoms with van der Waals surface area (Å²) in [5.41, 5.74) is 23.5. The monoisotopic (exact) mass is 1810 g/mol. The summed E-state index contributed by atoms with van der Waals surface area (Å²) < 4.78 is 116. The minimum Gasteiger partial charge on any atom is -0.493 e. The van der Waals surface area contributed by atoms with E-state index in [0.717, 1.165) is 76.3 Å². The Hall–Kier alpha value is -7.78. The molecule has 18 heteroatoms. The molecule has 1 fully saturated rings. The molecule has 0 radical (unpaired) electrons. The van der Waals surface area contributed by atoms with E-state index in [9.17, 15) is 33.7 Å². The van der Waals surface area contributed by atoms with Gasteiger partial charge in [-0.05, 0) is 285 Å². The third-order valence-corrected chi connectivity index (χ3v) is 28.6. The summed E-state index contributed by atoms with van der Waals surface area (Å²) in [7, 11) is -8.58. The van der Waals surface area contributed by atoms with E-state index in [-0.39, 0.29) is 17.5 Å². The highest BCUT2D eigenvalue weighted by Gasteiger charge is 2.29. The molecule has 0 atom stereocenters. The van der Waals surface area contributed by atoms with E-state index in [1.807, 2.05) is 96.1 Å². The molecular weight excluding hydrogens is 1640 g/mol. The second-order valence-corrected chi connectivity index (χ2v) is 44.9. The third-order valence-electron chi connectivity index (χ3n) is 21.4. The highest BCUT2D eigenvalue weighted by atomic mass is 32.2. The molecule has 0 amide bonds. The van der Waals surface area contributed by atoms with Crippen LogP contribution in [0, 0.1) is 62.3 Å². The van der Waals surface area contributed by atoms with Gasteiger partial charge in [0, 0.05) is 32.7 Å². The van der Waals surface area contributed by atoms with Crippen LogP contribution in [-0.2, 0) is 45.5 Å². The number of nitrogens with zero attached hydrogens (tertiary/aromatic N) is 1. The Morgan fingerprint density at radius 2 is 0.675 bits per heavy atom. The van der Waals surface area contributed by atoms with Crippen molar-refractivity contribution in [3.05, 3.63) is 282 Å². The van der Waals surface area contributed by atoms with Gasteiger partial charge in [0.25, 0.3) is 0 Å². The molecule has 0 bridgehead atoms. The standard InChI is InChI=1S/C14H22.C13H19NO2S.C13H21NO2S.C13H20O2.2C12H19NO2S.C11H16.2C10H14/c1-10(2)12-7-8-13(11(3)9-12)14(4,5)6;1-9(2)11-4-7-13(10(3)8-11)17(15,16)14-12-5-6-12;1-9(2)12-6-7-13(11(5)8-12)17(15,16)14-10(3)4;1-5-8-15-12-7-6-11(10(2)3)9-13(12)14-4;1-9(2)11-6-7-12(10(3)8-11)16(14,15)13(4)5;1-5-13-16(14,15)12-7-6-11(9(2)3)8-10(12)4;1-8(2)11-6-5-9(3)10(4)7-11;2*1-8(2)10-6-4-5-9(3)7-10/h7-10H,1-6H3;4,7-9,12,14H,5-6H2,1-3H3;6-10,14H,1-5H3;6-7,9-10H,5,8H2,1-4H3;6-9H,1-5H3;6-9,13H,5H2,1-4H3;5-8H,1-4H3;2*4-8H,1-3H3. The van der Waals surface area contributed by atoms with Crippen molar-refractivity contribution in [1.82, 2.24) is 18.5 Å². The molecule has 0 saturated heterocycles. The summed E-state index contributed by atoms with van der Waals surface area (Å²) >= 11 is 0. The van der Waals surface area contributed by atoms with E-state index in [0.29, 0.717) is 79.4 Å². The van der Waals surface area contributed by atoms with Crippen molar-refractivity contribution in [2.45, 2.75) is 345 Å². The van der Waals surface area contributed by atoms with Crippen molar-refractivity contribution in [2.24, 2.45) is 0 Å². The number of aryl methyl sites for hydroxylation is 9. The van der Waals surface area contributed by atoms with Gasteiger partial charge in [-0.15, -0.1) is 0 Å². The first-order valence-electron chi connectivity index (χ1n) is 45.3. The highest BCUT2D eigenvalue weighted by Crippen LogP contribution is 2.34. The Bertz CT molecular complexity index is 5160. The molecule has 3 N–H and O–H groups in total. The van der Waals surface area contributed by atoms with E-state index in [2.05, 4.69) is 298 Å². The lowest BCUT2D eigenvalue weighted by Crippen LogP contribution is -2.30. The second-order valence-electron chi connectivity index (χ2n) is 37.7. The summed E-state index contributed by atoms with van der Waals surface area (Å²) in [6.07, 6.45) is 2.93. The minimum absolute atomic E-state index is 0.0934. The molecule has 1 aliphatic rings. The molecule has 0 aromatic heterocycles. The van der Waals surface area contributed by atoms with Gasteiger partial charge >= 0.3 is 0 Å². The fourth-order valence-electron chi connectivity index (χ4n) is 13.1. The summed E-state index contributed by atoms with van der Waals surface area (Å²) in [4.78, 5) is 1.55. The molecule has 14 nitrogen and oxygen atoms in total. The molecule has 126 heavy (non-hydrogen) atoms. The van der Waals surface area contributed by atoms with Gasteiger partial charge in [-0.2, -0.15) is 0 Å². The lowest BCUT2D eigenvalue weighted by atomic mass is 9.83. The summed E-state index contributed by atoms with van der Waals surface area (Å²) in [5.74, 6) is 6.41.